The Morgan fingerprint density at radius 2 is 1.53 bits per heavy atom. The highest BCUT2D eigenvalue weighted by Gasteiger charge is 2.31. The van der Waals surface area contributed by atoms with Crippen molar-refractivity contribution in [1.82, 2.24) is 0 Å². The Morgan fingerprint density at radius 1 is 0.967 bits per heavy atom. The lowest BCUT2D eigenvalue weighted by atomic mass is 10.1. The van der Waals surface area contributed by atoms with Crippen molar-refractivity contribution in [2.45, 2.75) is 32.2 Å². The maximum absolute atomic E-state index is 12.2. The van der Waals surface area contributed by atoms with Crippen molar-refractivity contribution in [2.24, 2.45) is 5.92 Å². The van der Waals surface area contributed by atoms with E-state index in [4.69, 9.17) is 14.6 Å². The minimum absolute atomic E-state index is 0.0122. The summed E-state index contributed by atoms with van der Waals surface area (Å²) >= 11 is 0. The molecule has 1 heterocycles. The largest absolute Gasteiger partial charge is 0.573 e. The monoisotopic (exact) mass is 425 g/mol. The van der Waals surface area contributed by atoms with E-state index < -0.39 is 6.36 Å². The molecule has 1 N–H and O–H groups in total. The van der Waals surface area contributed by atoms with Crippen LogP contribution in [0.1, 0.15) is 19.8 Å². The Balaban J connectivity index is 1.45. The molecule has 1 aliphatic heterocycles. The third-order valence-electron chi connectivity index (χ3n) is 4.85. The maximum Gasteiger partial charge on any atom is 0.573 e. The van der Waals surface area contributed by atoms with Crippen LogP contribution in [0, 0.1) is 5.92 Å². The van der Waals surface area contributed by atoms with Gasteiger partial charge in [-0.25, -0.2) is 0 Å². The van der Waals surface area contributed by atoms with Gasteiger partial charge in [0, 0.05) is 44.1 Å². The zero-order valence-corrected chi connectivity index (χ0v) is 16.8. The number of hydrogen-bond acceptors (Lipinski definition) is 5. The molecule has 0 radical (unpaired) electrons. The first-order chi connectivity index (χ1) is 14.3. The molecule has 8 heteroatoms. The standard InChI is InChI=1S/C22H26F3NO4/c1-16(14-27)15-28-18-4-2-17(3-5-18)26-12-10-20(11-13-26)29-19-6-8-21(9-7-19)30-22(23,24)25/h2-9,16,20,27H,10-15H2,1H3/t16-/m1/s1. The lowest BCUT2D eigenvalue weighted by molar-refractivity contribution is -0.274. The molecule has 0 aliphatic carbocycles. The quantitative estimate of drug-likeness (QED) is 0.668. The maximum atomic E-state index is 12.2. The van der Waals surface area contributed by atoms with Crippen LogP contribution in [0.15, 0.2) is 48.5 Å². The Hall–Kier alpha value is -2.61. The molecule has 1 atom stereocenters. The smallest absolute Gasteiger partial charge is 0.493 e. The van der Waals surface area contributed by atoms with Gasteiger partial charge < -0.3 is 24.2 Å². The van der Waals surface area contributed by atoms with Crippen LogP contribution in [0.2, 0.25) is 0 Å². The van der Waals surface area contributed by atoms with Gasteiger partial charge in [-0.1, -0.05) is 6.92 Å². The van der Waals surface area contributed by atoms with E-state index in [9.17, 15) is 13.2 Å². The number of aliphatic hydroxyl groups excluding tert-OH is 1. The molecule has 2 aromatic carbocycles. The van der Waals surface area contributed by atoms with Gasteiger partial charge in [0.05, 0.1) is 6.61 Å². The number of nitrogens with zero attached hydrogens (tertiary/aromatic N) is 1. The van der Waals surface area contributed by atoms with Crippen molar-refractivity contribution in [1.29, 1.82) is 0 Å². The molecule has 0 spiro atoms. The third-order valence-corrected chi connectivity index (χ3v) is 4.85. The summed E-state index contributed by atoms with van der Waals surface area (Å²) in [4.78, 5) is 2.26. The van der Waals surface area contributed by atoms with Crippen LogP contribution in [0.25, 0.3) is 0 Å². The molecule has 0 aromatic heterocycles. The first-order valence-corrected chi connectivity index (χ1v) is 9.93. The molecule has 1 fully saturated rings. The number of halogens is 3. The lowest BCUT2D eigenvalue weighted by Gasteiger charge is -2.33. The van der Waals surface area contributed by atoms with Gasteiger partial charge in [-0.15, -0.1) is 13.2 Å². The molecule has 0 saturated carbocycles. The first kappa shape index (κ1) is 22.1. The lowest BCUT2D eigenvalue weighted by Crippen LogP contribution is -2.38. The van der Waals surface area contributed by atoms with Crippen LogP contribution in [-0.4, -0.2) is 43.9 Å². The number of piperidine rings is 1. The number of hydrogen-bond donors (Lipinski definition) is 1. The van der Waals surface area contributed by atoms with Gasteiger partial charge in [0.15, 0.2) is 0 Å². The number of rotatable bonds is 8. The number of benzene rings is 2. The predicted octanol–water partition coefficient (Wildman–Crippen LogP) is 4.64. The molecule has 0 bridgehead atoms. The summed E-state index contributed by atoms with van der Waals surface area (Å²) in [7, 11) is 0. The average Bonchev–Trinajstić information content (AvgIpc) is 2.73. The molecular formula is C22H26F3NO4. The predicted molar refractivity (Wildman–Crippen MR) is 107 cm³/mol. The van der Waals surface area contributed by atoms with Crippen LogP contribution < -0.4 is 19.1 Å². The molecule has 2 aromatic rings. The molecule has 164 valence electrons. The van der Waals surface area contributed by atoms with E-state index in [0.29, 0.717) is 12.4 Å². The van der Waals surface area contributed by atoms with Crippen LogP contribution in [0.5, 0.6) is 17.2 Å². The van der Waals surface area contributed by atoms with Crippen molar-refractivity contribution in [3.63, 3.8) is 0 Å². The summed E-state index contributed by atoms with van der Waals surface area (Å²) < 4.78 is 52.1. The van der Waals surface area contributed by atoms with Crippen LogP contribution >= 0.6 is 0 Å². The van der Waals surface area contributed by atoms with Crippen LogP contribution in [0.3, 0.4) is 0 Å². The highest BCUT2D eigenvalue weighted by Crippen LogP contribution is 2.28. The fourth-order valence-electron chi connectivity index (χ4n) is 3.19. The minimum atomic E-state index is -4.70. The average molecular weight is 425 g/mol. The summed E-state index contributed by atoms with van der Waals surface area (Å²) in [5.41, 5.74) is 1.10. The fraction of sp³-hybridized carbons (Fsp3) is 0.455. The number of ether oxygens (including phenoxy) is 3. The summed E-state index contributed by atoms with van der Waals surface area (Å²) in [6.07, 6.45) is -3.06. The fourth-order valence-corrected chi connectivity index (χ4v) is 3.19. The normalized spacial score (nSPS) is 16.2. The van der Waals surface area contributed by atoms with Gasteiger partial charge >= 0.3 is 6.36 Å². The van der Waals surface area contributed by atoms with E-state index in [-0.39, 0.29) is 24.4 Å². The zero-order chi connectivity index (χ0) is 21.6. The Morgan fingerprint density at radius 3 is 2.10 bits per heavy atom. The summed E-state index contributed by atoms with van der Waals surface area (Å²) in [5.74, 6) is 1.14. The second-order valence-electron chi connectivity index (χ2n) is 7.42. The van der Waals surface area contributed by atoms with Crippen molar-refractivity contribution >= 4 is 5.69 Å². The highest BCUT2D eigenvalue weighted by molar-refractivity contribution is 5.49. The molecule has 30 heavy (non-hydrogen) atoms. The highest BCUT2D eigenvalue weighted by atomic mass is 19.4. The summed E-state index contributed by atoms with van der Waals surface area (Å²) in [5, 5.41) is 9.05. The van der Waals surface area contributed by atoms with E-state index in [2.05, 4.69) is 9.64 Å². The van der Waals surface area contributed by atoms with Crippen molar-refractivity contribution in [3.05, 3.63) is 48.5 Å². The zero-order valence-electron chi connectivity index (χ0n) is 16.8. The summed E-state index contributed by atoms with van der Waals surface area (Å²) in [6.45, 7) is 4.14. The Bertz CT molecular complexity index is 772. The van der Waals surface area contributed by atoms with E-state index in [1.807, 2.05) is 31.2 Å². The van der Waals surface area contributed by atoms with E-state index in [1.54, 1.807) is 0 Å². The second-order valence-corrected chi connectivity index (χ2v) is 7.42. The van der Waals surface area contributed by atoms with Gasteiger partial charge in [0.2, 0.25) is 0 Å². The van der Waals surface area contributed by atoms with Crippen molar-refractivity contribution < 1.29 is 32.5 Å². The van der Waals surface area contributed by atoms with Gasteiger partial charge in [-0.2, -0.15) is 0 Å². The van der Waals surface area contributed by atoms with Crippen LogP contribution in [-0.2, 0) is 0 Å². The van der Waals surface area contributed by atoms with Gasteiger partial charge in [-0.05, 0) is 48.5 Å². The number of aliphatic hydroxyl groups is 1. The second kappa shape index (κ2) is 9.93. The Labute approximate surface area is 174 Å². The van der Waals surface area contributed by atoms with Crippen molar-refractivity contribution in [3.8, 4) is 17.2 Å². The van der Waals surface area contributed by atoms with E-state index in [1.165, 1.54) is 24.3 Å². The van der Waals surface area contributed by atoms with E-state index >= 15 is 0 Å². The number of anilines is 1. The molecule has 0 unspecified atom stereocenters. The molecule has 1 saturated heterocycles. The third kappa shape index (κ3) is 6.73. The van der Waals surface area contributed by atoms with E-state index in [0.717, 1.165) is 37.4 Å². The minimum Gasteiger partial charge on any atom is -0.493 e. The molecular weight excluding hydrogens is 399 g/mol. The van der Waals surface area contributed by atoms with Gasteiger partial charge in [0.25, 0.3) is 0 Å². The SMILES string of the molecule is C[C@H](CO)COc1ccc(N2CCC(Oc3ccc(OC(F)(F)F)cc3)CC2)cc1. The van der Waals surface area contributed by atoms with Crippen molar-refractivity contribution in [2.75, 3.05) is 31.2 Å². The number of alkyl halides is 3. The van der Waals surface area contributed by atoms with Gasteiger partial charge in [0.1, 0.15) is 23.4 Å². The summed E-state index contributed by atoms with van der Waals surface area (Å²) in [6, 6.07) is 13.4. The molecule has 1 aliphatic rings. The molecule has 3 rings (SSSR count). The first-order valence-electron chi connectivity index (χ1n) is 9.93. The van der Waals surface area contributed by atoms with Gasteiger partial charge in [-0.3, -0.25) is 0 Å². The van der Waals surface area contributed by atoms with Crippen LogP contribution in [0.4, 0.5) is 18.9 Å². The topological polar surface area (TPSA) is 51.2 Å². The molecule has 0 amide bonds. The molecule has 5 nitrogen and oxygen atoms in total. The Kier molecular flexibility index (Phi) is 7.31.